The third kappa shape index (κ3) is 5.70. The molecule has 2 aromatic heterocycles. The van der Waals surface area contributed by atoms with Crippen LogP contribution < -0.4 is 10.6 Å². The first-order valence-corrected chi connectivity index (χ1v) is 6.96. The normalized spacial score (nSPS) is 10.6. The maximum atomic E-state index is 4.37. The van der Waals surface area contributed by atoms with E-state index in [0.29, 0.717) is 18.3 Å². The van der Waals surface area contributed by atoms with Crippen molar-refractivity contribution in [1.82, 2.24) is 25.1 Å². The van der Waals surface area contributed by atoms with Crippen LogP contribution in [0.4, 0.5) is 11.8 Å². The summed E-state index contributed by atoms with van der Waals surface area (Å²) in [6.07, 6.45) is 4.41. The highest BCUT2D eigenvalue weighted by Crippen LogP contribution is 2.05. The molecule has 0 fully saturated rings. The summed E-state index contributed by atoms with van der Waals surface area (Å²) in [4.78, 5) is 10.8. The molecule has 0 unspecified atom stereocenters. The molecule has 2 N–H and O–H groups in total. The highest BCUT2D eigenvalue weighted by Gasteiger charge is 2.01. The summed E-state index contributed by atoms with van der Waals surface area (Å²) in [5, 5.41) is 14.3. The molecule has 0 aliphatic carbocycles. The van der Waals surface area contributed by atoms with E-state index in [4.69, 9.17) is 0 Å². The van der Waals surface area contributed by atoms with E-state index in [2.05, 4.69) is 49.8 Å². The minimum absolute atomic E-state index is 0.541. The largest absolute Gasteiger partial charge is 0.363 e. The average molecular weight is 287 g/mol. The molecule has 7 heteroatoms. The molecule has 0 saturated heterocycles. The fraction of sp³-hybridized carbons (Fsp3) is 0.429. The molecule has 21 heavy (non-hydrogen) atoms. The molecule has 112 valence electrons. The van der Waals surface area contributed by atoms with Crippen molar-refractivity contribution in [1.29, 1.82) is 0 Å². The zero-order chi connectivity index (χ0) is 14.9. The highest BCUT2D eigenvalue weighted by atomic mass is 15.3. The minimum Gasteiger partial charge on any atom is -0.363 e. The number of hydrogen-bond acceptors (Lipinski definition) is 7. The van der Waals surface area contributed by atoms with Crippen molar-refractivity contribution in [2.24, 2.45) is 0 Å². The van der Waals surface area contributed by atoms with Crippen LogP contribution in [0.1, 0.15) is 12.1 Å². The van der Waals surface area contributed by atoms with E-state index in [9.17, 15) is 0 Å². The van der Waals surface area contributed by atoms with Crippen molar-refractivity contribution < 1.29 is 0 Å². The molecule has 0 bridgehead atoms. The predicted molar refractivity (Wildman–Crippen MR) is 83.1 cm³/mol. The first-order chi connectivity index (χ1) is 10.2. The van der Waals surface area contributed by atoms with Gasteiger partial charge in [-0.15, -0.1) is 5.10 Å². The summed E-state index contributed by atoms with van der Waals surface area (Å²) in [7, 11) is 4.11. The standard InChI is InChI=1S/C14H21N7/c1-21(2)9-5-8-16-14-19-13(11-18-20-14)17-10-12-6-3-4-7-15-12/h3-4,6-7,11H,5,8-10H2,1-2H3,(H2,16,17,19,20). The molecule has 0 amide bonds. The van der Waals surface area contributed by atoms with Crippen molar-refractivity contribution in [2.45, 2.75) is 13.0 Å². The highest BCUT2D eigenvalue weighted by molar-refractivity contribution is 5.37. The van der Waals surface area contributed by atoms with Gasteiger partial charge in [0.2, 0.25) is 5.95 Å². The van der Waals surface area contributed by atoms with Gasteiger partial charge >= 0.3 is 0 Å². The topological polar surface area (TPSA) is 78.9 Å². The van der Waals surface area contributed by atoms with E-state index < -0.39 is 0 Å². The maximum absolute atomic E-state index is 4.37. The SMILES string of the molecule is CN(C)CCCNc1nncc(NCc2ccccn2)n1. The van der Waals surface area contributed by atoms with E-state index in [1.165, 1.54) is 0 Å². The van der Waals surface area contributed by atoms with Crippen molar-refractivity contribution >= 4 is 11.8 Å². The van der Waals surface area contributed by atoms with Crippen molar-refractivity contribution in [3.63, 3.8) is 0 Å². The Balaban J connectivity index is 1.80. The van der Waals surface area contributed by atoms with Gasteiger partial charge in [0, 0.05) is 12.7 Å². The van der Waals surface area contributed by atoms with Gasteiger partial charge in [-0.3, -0.25) is 4.98 Å². The molecule has 2 aromatic rings. The number of rotatable bonds is 8. The summed E-state index contributed by atoms with van der Waals surface area (Å²) in [6, 6.07) is 5.81. The Morgan fingerprint density at radius 2 is 2.10 bits per heavy atom. The van der Waals surface area contributed by atoms with Crippen molar-refractivity contribution in [2.75, 3.05) is 37.8 Å². The molecular formula is C14H21N7. The van der Waals surface area contributed by atoms with Gasteiger partial charge in [-0.05, 0) is 39.2 Å². The quantitative estimate of drug-likeness (QED) is 0.707. The fourth-order valence-electron chi connectivity index (χ4n) is 1.74. The van der Waals surface area contributed by atoms with Gasteiger partial charge in [0.15, 0.2) is 5.82 Å². The molecule has 2 heterocycles. The second-order valence-corrected chi connectivity index (χ2v) is 4.92. The van der Waals surface area contributed by atoms with Crippen LogP contribution in [0.5, 0.6) is 0 Å². The maximum Gasteiger partial charge on any atom is 0.244 e. The molecule has 0 saturated carbocycles. The first-order valence-electron chi connectivity index (χ1n) is 6.96. The van der Waals surface area contributed by atoms with E-state index in [1.807, 2.05) is 18.2 Å². The number of pyridine rings is 1. The third-order valence-electron chi connectivity index (χ3n) is 2.80. The second-order valence-electron chi connectivity index (χ2n) is 4.92. The Labute approximate surface area is 124 Å². The van der Waals surface area contributed by atoms with Crippen molar-refractivity contribution in [3.8, 4) is 0 Å². The second kappa shape index (κ2) is 8.11. The molecule has 2 rings (SSSR count). The molecule has 0 radical (unpaired) electrons. The Hall–Kier alpha value is -2.28. The van der Waals surface area contributed by atoms with E-state index in [1.54, 1.807) is 12.4 Å². The van der Waals surface area contributed by atoms with Crippen LogP contribution in [-0.4, -0.2) is 52.3 Å². The lowest BCUT2D eigenvalue weighted by molar-refractivity contribution is 0.405. The van der Waals surface area contributed by atoms with Crippen LogP contribution in [0, 0.1) is 0 Å². The van der Waals surface area contributed by atoms with Gasteiger partial charge in [-0.25, -0.2) is 0 Å². The number of nitrogens with zero attached hydrogens (tertiary/aromatic N) is 5. The summed E-state index contributed by atoms with van der Waals surface area (Å²) in [6.45, 7) is 2.46. The van der Waals surface area contributed by atoms with Gasteiger partial charge in [0.25, 0.3) is 0 Å². The number of anilines is 2. The summed E-state index contributed by atoms with van der Waals surface area (Å²) >= 11 is 0. The van der Waals surface area contributed by atoms with E-state index in [0.717, 1.165) is 25.2 Å². The molecule has 0 aromatic carbocycles. The molecular weight excluding hydrogens is 266 g/mol. The van der Waals surface area contributed by atoms with Gasteiger partial charge in [0.05, 0.1) is 18.4 Å². The number of hydrogen-bond donors (Lipinski definition) is 2. The Morgan fingerprint density at radius 1 is 1.19 bits per heavy atom. The third-order valence-corrected chi connectivity index (χ3v) is 2.80. The molecule has 7 nitrogen and oxygen atoms in total. The zero-order valence-electron chi connectivity index (χ0n) is 12.5. The monoisotopic (exact) mass is 287 g/mol. The Morgan fingerprint density at radius 3 is 2.86 bits per heavy atom. The summed E-state index contributed by atoms with van der Waals surface area (Å²) in [5.41, 5.74) is 0.955. The molecule has 0 aliphatic heterocycles. The van der Waals surface area contributed by atoms with Gasteiger partial charge in [0.1, 0.15) is 0 Å². The van der Waals surface area contributed by atoms with Crippen LogP contribution in [-0.2, 0) is 6.54 Å². The predicted octanol–water partition coefficient (Wildman–Crippen LogP) is 1.24. The summed E-state index contributed by atoms with van der Waals surface area (Å²) in [5.74, 6) is 1.23. The summed E-state index contributed by atoms with van der Waals surface area (Å²) < 4.78 is 0. The molecule has 0 atom stereocenters. The molecule has 0 aliphatic rings. The first kappa shape index (κ1) is 15.1. The van der Waals surface area contributed by atoms with Gasteiger partial charge in [-0.2, -0.15) is 10.1 Å². The lowest BCUT2D eigenvalue weighted by atomic mass is 10.3. The lowest BCUT2D eigenvalue weighted by Crippen LogP contribution is -2.17. The number of nitrogens with one attached hydrogen (secondary N) is 2. The van der Waals surface area contributed by atoms with Crippen LogP contribution in [0.15, 0.2) is 30.6 Å². The smallest absolute Gasteiger partial charge is 0.244 e. The van der Waals surface area contributed by atoms with E-state index >= 15 is 0 Å². The van der Waals surface area contributed by atoms with Crippen LogP contribution in [0.25, 0.3) is 0 Å². The fourth-order valence-corrected chi connectivity index (χ4v) is 1.74. The van der Waals surface area contributed by atoms with Crippen LogP contribution in [0.2, 0.25) is 0 Å². The van der Waals surface area contributed by atoms with Crippen LogP contribution in [0.3, 0.4) is 0 Å². The molecule has 0 spiro atoms. The average Bonchev–Trinajstić information content (AvgIpc) is 2.51. The van der Waals surface area contributed by atoms with Crippen LogP contribution >= 0.6 is 0 Å². The lowest BCUT2D eigenvalue weighted by Gasteiger charge is -2.10. The van der Waals surface area contributed by atoms with E-state index in [-0.39, 0.29) is 0 Å². The minimum atomic E-state index is 0.541. The van der Waals surface area contributed by atoms with Gasteiger partial charge in [-0.1, -0.05) is 6.07 Å². The number of aromatic nitrogens is 4. The Bertz CT molecular complexity index is 530. The van der Waals surface area contributed by atoms with Gasteiger partial charge < -0.3 is 15.5 Å². The zero-order valence-corrected chi connectivity index (χ0v) is 12.5. The van der Waals surface area contributed by atoms with Crippen molar-refractivity contribution in [3.05, 3.63) is 36.3 Å². The Kier molecular flexibility index (Phi) is 5.83.